The average molecular weight is 674 g/mol. The summed E-state index contributed by atoms with van der Waals surface area (Å²) >= 11 is 0. The lowest BCUT2D eigenvalue weighted by Gasteiger charge is -2.18. The van der Waals surface area contributed by atoms with E-state index in [1.54, 1.807) is 18.3 Å². The van der Waals surface area contributed by atoms with Crippen LogP contribution in [0.1, 0.15) is 62.6 Å². The molecule has 9 nitrogen and oxygen atoms in total. The summed E-state index contributed by atoms with van der Waals surface area (Å²) in [5.41, 5.74) is 7.43. The largest absolute Gasteiger partial charge is 0.394 e. The normalized spacial score (nSPS) is 13.0. The molecule has 0 saturated heterocycles. The van der Waals surface area contributed by atoms with Gasteiger partial charge in [-0.2, -0.15) is 0 Å². The molecule has 9 heteroatoms. The molecular weight excluding hydrogens is 626 g/mol. The summed E-state index contributed by atoms with van der Waals surface area (Å²) in [6.07, 6.45) is 2.59. The van der Waals surface area contributed by atoms with Crippen molar-refractivity contribution in [2.45, 2.75) is 64.8 Å². The molecule has 3 aromatic carbocycles. The molecule has 5 rings (SSSR count). The standard InChI is InChI=1S/C41H47N5O4/c1-28(42-26-38(48)36-18-19-39(43-25-36)46-29(2)12-13-30(46)3)20-33-10-7-11-34(21-33)23-40(49)44-24-32-14-16-35(17-15-32)41(50)45-37(27-47)22-31-8-5-4-6-9-31/h4-19,21,25,28,37-38,42,47-48H,20,22-24,26-27H2,1-3H3,(H,44,49)(H,45,50). The van der Waals surface area contributed by atoms with Crippen LogP contribution in [0.3, 0.4) is 0 Å². The van der Waals surface area contributed by atoms with E-state index in [1.165, 1.54) is 0 Å². The maximum atomic E-state index is 12.8. The van der Waals surface area contributed by atoms with Crippen molar-refractivity contribution in [2.24, 2.45) is 0 Å². The third-order valence-corrected chi connectivity index (χ3v) is 8.80. The molecule has 0 aliphatic heterocycles. The van der Waals surface area contributed by atoms with Crippen LogP contribution < -0.4 is 16.0 Å². The Kier molecular flexibility index (Phi) is 12.7. The number of nitrogens with one attached hydrogen (secondary N) is 3. The van der Waals surface area contributed by atoms with Crippen molar-refractivity contribution in [1.29, 1.82) is 0 Å². The molecule has 2 amide bonds. The van der Waals surface area contributed by atoms with Crippen molar-refractivity contribution < 1.29 is 19.8 Å². The van der Waals surface area contributed by atoms with Gasteiger partial charge in [-0.25, -0.2) is 4.98 Å². The molecule has 50 heavy (non-hydrogen) atoms. The molecule has 0 saturated carbocycles. The summed E-state index contributed by atoms with van der Waals surface area (Å²) in [5, 5.41) is 29.8. The summed E-state index contributed by atoms with van der Waals surface area (Å²) < 4.78 is 2.08. The van der Waals surface area contributed by atoms with Gasteiger partial charge in [-0.1, -0.05) is 72.8 Å². The van der Waals surface area contributed by atoms with Gasteiger partial charge in [0, 0.05) is 47.8 Å². The number of hydrogen-bond donors (Lipinski definition) is 5. The lowest BCUT2D eigenvalue weighted by molar-refractivity contribution is -0.120. The van der Waals surface area contributed by atoms with E-state index < -0.39 is 6.10 Å². The van der Waals surface area contributed by atoms with Crippen LogP contribution >= 0.6 is 0 Å². The number of amides is 2. The van der Waals surface area contributed by atoms with E-state index in [4.69, 9.17) is 0 Å². The first-order valence-corrected chi connectivity index (χ1v) is 17.1. The fraction of sp³-hybridized carbons (Fsp3) is 0.293. The molecule has 2 heterocycles. The van der Waals surface area contributed by atoms with Crippen molar-refractivity contribution in [2.75, 3.05) is 13.2 Å². The summed E-state index contributed by atoms with van der Waals surface area (Å²) in [4.78, 5) is 30.1. The van der Waals surface area contributed by atoms with Crippen molar-refractivity contribution in [3.05, 3.63) is 154 Å². The zero-order valence-electron chi connectivity index (χ0n) is 29.0. The van der Waals surface area contributed by atoms with Crippen LogP contribution in [0.15, 0.2) is 109 Å². The van der Waals surface area contributed by atoms with E-state index in [1.807, 2.05) is 92.7 Å². The Hall–Kier alpha value is -5.09. The maximum Gasteiger partial charge on any atom is 0.251 e. The van der Waals surface area contributed by atoms with Gasteiger partial charge >= 0.3 is 0 Å². The second-order valence-corrected chi connectivity index (χ2v) is 12.9. The van der Waals surface area contributed by atoms with E-state index in [-0.39, 0.29) is 36.9 Å². The van der Waals surface area contributed by atoms with Gasteiger partial charge in [0.05, 0.1) is 25.2 Å². The van der Waals surface area contributed by atoms with Crippen LogP contribution in [-0.4, -0.2) is 56.8 Å². The number of pyridine rings is 1. The molecule has 0 aliphatic rings. The molecule has 0 spiro atoms. The van der Waals surface area contributed by atoms with Crippen LogP contribution in [0.4, 0.5) is 0 Å². The molecule has 3 unspecified atom stereocenters. The number of aromatic nitrogens is 2. The minimum absolute atomic E-state index is 0.0910. The zero-order chi connectivity index (χ0) is 35.5. The Bertz CT molecular complexity index is 1820. The summed E-state index contributed by atoms with van der Waals surface area (Å²) in [6, 6.07) is 32.5. The Morgan fingerprint density at radius 1 is 0.800 bits per heavy atom. The lowest BCUT2D eigenvalue weighted by Crippen LogP contribution is -2.39. The van der Waals surface area contributed by atoms with Crippen LogP contribution in [0.5, 0.6) is 0 Å². The summed E-state index contributed by atoms with van der Waals surface area (Å²) in [5.74, 6) is 0.489. The van der Waals surface area contributed by atoms with Crippen LogP contribution in [-0.2, 0) is 30.6 Å². The topological polar surface area (TPSA) is 129 Å². The summed E-state index contributed by atoms with van der Waals surface area (Å²) in [6.45, 7) is 6.76. The van der Waals surface area contributed by atoms with Gasteiger partial charge in [0.2, 0.25) is 5.91 Å². The second kappa shape index (κ2) is 17.5. The molecule has 5 aromatic rings. The minimum Gasteiger partial charge on any atom is -0.394 e. The minimum atomic E-state index is -0.683. The van der Waals surface area contributed by atoms with Crippen LogP contribution in [0, 0.1) is 13.8 Å². The highest BCUT2D eigenvalue weighted by molar-refractivity contribution is 5.94. The average Bonchev–Trinajstić information content (AvgIpc) is 3.47. The molecule has 0 fully saturated rings. The zero-order valence-corrected chi connectivity index (χ0v) is 29.0. The predicted octanol–water partition coefficient (Wildman–Crippen LogP) is 4.94. The van der Waals surface area contributed by atoms with Crippen LogP contribution in [0.25, 0.3) is 5.82 Å². The smallest absolute Gasteiger partial charge is 0.251 e. The number of rotatable bonds is 16. The van der Waals surface area contributed by atoms with Crippen molar-refractivity contribution in [1.82, 2.24) is 25.5 Å². The maximum absolute atomic E-state index is 12.8. The number of aliphatic hydroxyl groups excluding tert-OH is 2. The fourth-order valence-electron chi connectivity index (χ4n) is 6.03. The Morgan fingerprint density at radius 2 is 1.50 bits per heavy atom. The third kappa shape index (κ3) is 10.2. The number of nitrogens with zero attached hydrogens (tertiary/aromatic N) is 2. The monoisotopic (exact) mass is 673 g/mol. The molecule has 0 radical (unpaired) electrons. The van der Waals surface area contributed by atoms with Crippen LogP contribution in [0.2, 0.25) is 0 Å². The molecule has 260 valence electrons. The van der Waals surface area contributed by atoms with Gasteiger partial charge in [-0.05, 0) is 86.2 Å². The van der Waals surface area contributed by atoms with Gasteiger partial charge in [-0.15, -0.1) is 0 Å². The predicted molar refractivity (Wildman–Crippen MR) is 196 cm³/mol. The number of benzene rings is 3. The molecule has 0 bridgehead atoms. The van der Waals surface area contributed by atoms with Gasteiger partial charge in [-0.3, -0.25) is 9.59 Å². The van der Waals surface area contributed by atoms with E-state index in [0.29, 0.717) is 25.1 Å². The quantitative estimate of drug-likeness (QED) is 0.101. The number of aliphatic hydroxyl groups is 2. The summed E-state index contributed by atoms with van der Waals surface area (Å²) in [7, 11) is 0. The van der Waals surface area contributed by atoms with E-state index in [2.05, 4.69) is 44.6 Å². The number of aryl methyl sites for hydroxylation is 2. The Balaban J connectivity index is 1.04. The van der Waals surface area contributed by atoms with Crippen molar-refractivity contribution in [3.8, 4) is 5.82 Å². The van der Waals surface area contributed by atoms with Crippen molar-refractivity contribution >= 4 is 11.8 Å². The molecular formula is C41H47N5O4. The highest BCUT2D eigenvalue weighted by Gasteiger charge is 2.15. The number of carbonyl (C=O) groups excluding carboxylic acids is 2. The molecule has 0 aliphatic carbocycles. The second-order valence-electron chi connectivity index (χ2n) is 12.9. The van der Waals surface area contributed by atoms with Crippen molar-refractivity contribution in [3.63, 3.8) is 0 Å². The first-order valence-electron chi connectivity index (χ1n) is 17.1. The van der Waals surface area contributed by atoms with Gasteiger partial charge in [0.15, 0.2) is 0 Å². The first kappa shape index (κ1) is 36.2. The molecule has 2 aromatic heterocycles. The van der Waals surface area contributed by atoms with Gasteiger partial charge < -0.3 is 30.7 Å². The first-order chi connectivity index (χ1) is 24.2. The highest BCUT2D eigenvalue weighted by Crippen LogP contribution is 2.18. The SMILES string of the molecule is Cc1ccc(C)n1-c1ccc(C(O)CNC(C)Cc2cccc(CC(=O)NCc3ccc(C(=O)NC(CO)Cc4ccccc4)cc3)c2)cn1. The van der Waals surface area contributed by atoms with E-state index in [0.717, 1.165) is 51.4 Å². The fourth-order valence-corrected chi connectivity index (χ4v) is 6.03. The van der Waals surface area contributed by atoms with Gasteiger partial charge in [0.25, 0.3) is 5.91 Å². The Labute approximate surface area is 294 Å². The lowest BCUT2D eigenvalue weighted by atomic mass is 10.0. The number of hydrogen-bond acceptors (Lipinski definition) is 6. The van der Waals surface area contributed by atoms with E-state index in [9.17, 15) is 19.8 Å². The highest BCUT2D eigenvalue weighted by atomic mass is 16.3. The Morgan fingerprint density at radius 3 is 2.18 bits per heavy atom. The van der Waals surface area contributed by atoms with Gasteiger partial charge in [0.1, 0.15) is 5.82 Å². The molecule has 5 N–H and O–H groups in total. The molecule has 3 atom stereocenters. The third-order valence-electron chi connectivity index (χ3n) is 8.80. The number of carbonyl (C=O) groups is 2. The van der Waals surface area contributed by atoms with E-state index >= 15 is 0 Å².